The fourth-order valence-electron chi connectivity index (χ4n) is 2.57. The molecule has 1 heterocycles. The van der Waals surface area contributed by atoms with Gasteiger partial charge in [0.05, 0.1) is 18.2 Å². The van der Waals surface area contributed by atoms with Gasteiger partial charge in [0, 0.05) is 19.4 Å². The fraction of sp³-hybridized carbons (Fsp3) is 0.389. The van der Waals surface area contributed by atoms with E-state index in [1.807, 2.05) is 0 Å². The SMILES string of the molecule is C=CCCOC(=O)N1CCC(O)(NC(=O)C(=O)Cc2ccc(Cl)c(F)c2)C1. The van der Waals surface area contributed by atoms with Gasteiger partial charge in [0.1, 0.15) is 5.82 Å². The molecule has 1 fully saturated rings. The molecule has 2 rings (SSSR count). The number of Topliss-reactive ketones (excluding diaryl/α,β-unsaturated/α-hetero) is 1. The van der Waals surface area contributed by atoms with Crippen molar-refractivity contribution >= 4 is 29.4 Å². The summed E-state index contributed by atoms with van der Waals surface area (Å²) >= 11 is 5.57. The Bertz CT molecular complexity index is 757. The van der Waals surface area contributed by atoms with Crippen molar-refractivity contribution in [3.63, 3.8) is 0 Å². The summed E-state index contributed by atoms with van der Waals surface area (Å²) in [5, 5.41) is 12.6. The van der Waals surface area contributed by atoms with Crippen LogP contribution in [-0.2, 0) is 20.7 Å². The van der Waals surface area contributed by atoms with Crippen LogP contribution in [0.5, 0.6) is 0 Å². The number of ketones is 1. The van der Waals surface area contributed by atoms with Crippen molar-refractivity contribution in [3.8, 4) is 0 Å². The minimum absolute atomic E-state index is 0.0537. The monoisotopic (exact) mass is 398 g/mol. The van der Waals surface area contributed by atoms with Crippen molar-refractivity contribution in [2.24, 2.45) is 0 Å². The molecular weight excluding hydrogens is 379 g/mol. The molecule has 1 aliphatic rings. The van der Waals surface area contributed by atoms with Gasteiger partial charge >= 0.3 is 6.09 Å². The molecule has 1 unspecified atom stereocenters. The highest BCUT2D eigenvalue weighted by molar-refractivity contribution is 6.36. The molecule has 1 aliphatic heterocycles. The lowest BCUT2D eigenvalue weighted by molar-refractivity contribution is -0.142. The van der Waals surface area contributed by atoms with Crippen molar-refractivity contribution in [2.45, 2.75) is 25.0 Å². The maximum atomic E-state index is 13.4. The van der Waals surface area contributed by atoms with Crippen LogP contribution >= 0.6 is 11.6 Å². The Morgan fingerprint density at radius 3 is 2.85 bits per heavy atom. The molecule has 0 saturated carbocycles. The summed E-state index contributed by atoms with van der Waals surface area (Å²) in [6, 6.07) is 3.79. The molecule has 0 radical (unpaired) electrons. The Labute approximate surface area is 160 Å². The Morgan fingerprint density at radius 1 is 1.44 bits per heavy atom. The van der Waals surface area contributed by atoms with Crippen LogP contribution in [0.1, 0.15) is 18.4 Å². The molecule has 0 bridgehead atoms. The Morgan fingerprint density at radius 2 is 2.19 bits per heavy atom. The predicted octanol–water partition coefficient (Wildman–Crippen LogP) is 1.81. The zero-order valence-corrected chi connectivity index (χ0v) is 15.3. The minimum atomic E-state index is -1.73. The number of benzene rings is 1. The quantitative estimate of drug-likeness (QED) is 0.316. The van der Waals surface area contributed by atoms with E-state index < -0.39 is 29.3 Å². The lowest BCUT2D eigenvalue weighted by atomic mass is 10.1. The average molecular weight is 399 g/mol. The summed E-state index contributed by atoms with van der Waals surface area (Å²) < 4.78 is 18.4. The number of amides is 2. The minimum Gasteiger partial charge on any atom is -0.449 e. The Hall–Kier alpha value is -2.45. The normalized spacial score (nSPS) is 18.9. The number of β-amino-alcohol motifs (C(OH)–C–C–N with tert-alkyl or cyclic N) is 1. The van der Waals surface area contributed by atoms with Crippen molar-refractivity contribution in [3.05, 3.63) is 47.3 Å². The number of ether oxygens (including phenoxy) is 1. The second-order valence-corrected chi connectivity index (χ2v) is 6.60. The highest BCUT2D eigenvalue weighted by Crippen LogP contribution is 2.20. The lowest BCUT2D eigenvalue weighted by Gasteiger charge is -2.24. The summed E-state index contributed by atoms with van der Waals surface area (Å²) in [6.07, 6.45) is 1.19. The number of likely N-dealkylation sites (tertiary alicyclic amines) is 1. The van der Waals surface area contributed by atoms with Gasteiger partial charge in [0.15, 0.2) is 5.72 Å². The van der Waals surface area contributed by atoms with Gasteiger partial charge in [-0.05, 0) is 24.1 Å². The van der Waals surface area contributed by atoms with E-state index >= 15 is 0 Å². The Kier molecular flexibility index (Phi) is 6.92. The second-order valence-electron chi connectivity index (χ2n) is 6.20. The standard InChI is InChI=1S/C18H20ClFN2O5/c1-2-3-8-27-17(25)22-7-6-18(26,11-22)21-16(24)15(23)10-12-4-5-13(19)14(20)9-12/h2,4-5,9,26H,1,3,6-8,10-11H2,(H,21,24). The highest BCUT2D eigenvalue weighted by Gasteiger charge is 2.41. The van der Waals surface area contributed by atoms with E-state index in [2.05, 4.69) is 11.9 Å². The third-order valence-corrected chi connectivity index (χ3v) is 4.31. The van der Waals surface area contributed by atoms with Crippen molar-refractivity contribution in [1.82, 2.24) is 10.2 Å². The number of hydrogen-bond acceptors (Lipinski definition) is 5. The van der Waals surface area contributed by atoms with Gasteiger partial charge in [-0.15, -0.1) is 6.58 Å². The van der Waals surface area contributed by atoms with Crippen molar-refractivity contribution in [1.29, 1.82) is 0 Å². The molecule has 146 valence electrons. The van der Waals surface area contributed by atoms with Gasteiger partial charge in [-0.25, -0.2) is 9.18 Å². The van der Waals surface area contributed by atoms with Crippen LogP contribution in [0, 0.1) is 5.82 Å². The number of halogens is 2. The smallest absolute Gasteiger partial charge is 0.409 e. The molecule has 0 aliphatic carbocycles. The lowest BCUT2D eigenvalue weighted by Crippen LogP contribution is -2.53. The molecule has 1 saturated heterocycles. The number of carbonyl (C=O) groups excluding carboxylic acids is 3. The number of rotatable bonds is 7. The average Bonchev–Trinajstić information content (AvgIpc) is 3.00. The topological polar surface area (TPSA) is 95.9 Å². The second kappa shape index (κ2) is 8.96. The molecule has 0 aromatic heterocycles. The summed E-state index contributed by atoms with van der Waals surface area (Å²) in [4.78, 5) is 37.2. The molecule has 1 aromatic carbocycles. The zero-order chi connectivity index (χ0) is 20.0. The predicted molar refractivity (Wildman–Crippen MR) is 95.6 cm³/mol. The van der Waals surface area contributed by atoms with E-state index in [-0.39, 0.29) is 43.1 Å². The first-order valence-electron chi connectivity index (χ1n) is 8.28. The largest absolute Gasteiger partial charge is 0.449 e. The summed E-state index contributed by atoms with van der Waals surface area (Å²) in [5.74, 6) is -2.56. The molecule has 1 atom stereocenters. The number of aliphatic hydroxyl groups is 1. The first kappa shape index (κ1) is 20.9. The molecule has 2 N–H and O–H groups in total. The van der Waals surface area contributed by atoms with E-state index in [0.717, 1.165) is 6.07 Å². The van der Waals surface area contributed by atoms with E-state index in [4.69, 9.17) is 16.3 Å². The molecular formula is C18H20ClFN2O5. The molecule has 7 nitrogen and oxygen atoms in total. The third-order valence-electron chi connectivity index (χ3n) is 4.00. The molecule has 0 spiro atoms. The van der Waals surface area contributed by atoms with E-state index in [9.17, 15) is 23.9 Å². The third kappa shape index (κ3) is 5.77. The first-order chi connectivity index (χ1) is 12.7. The van der Waals surface area contributed by atoms with Crippen molar-refractivity contribution in [2.75, 3.05) is 19.7 Å². The van der Waals surface area contributed by atoms with Gasteiger partial charge in [-0.1, -0.05) is 23.7 Å². The van der Waals surface area contributed by atoms with Crippen LogP contribution in [-0.4, -0.2) is 53.2 Å². The summed E-state index contributed by atoms with van der Waals surface area (Å²) in [5.41, 5.74) is -1.45. The van der Waals surface area contributed by atoms with Gasteiger partial charge in [0.25, 0.3) is 5.91 Å². The Balaban J connectivity index is 1.88. The van der Waals surface area contributed by atoms with Crippen LogP contribution < -0.4 is 5.32 Å². The first-order valence-corrected chi connectivity index (χ1v) is 8.66. The van der Waals surface area contributed by atoms with E-state index in [1.165, 1.54) is 17.0 Å². The van der Waals surface area contributed by atoms with Crippen LogP contribution in [0.4, 0.5) is 9.18 Å². The summed E-state index contributed by atoms with van der Waals surface area (Å²) in [7, 11) is 0. The van der Waals surface area contributed by atoms with Crippen molar-refractivity contribution < 1.29 is 28.6 Å². The maximum absolute atomic E-state index is 13.4. The van der Waals surface area contributed by atoms with Gasteiger partial charge < -0.3 is 20.1 Å². The van der Waals surface area contributed by atoms with E-state index in [1.54, 1.807) is 6.08 Å². The zero-order valence-electron chi connectivity index (χ0n) is 14.5. The number of nitrogens with zero attached hydrogens (tertiary/aromatic N) is 1. The fourth-order valence-corrected chi connectivity index (χ4v) is 2.69. The van der Waals surface area contributed by atoms with Crippen LogP contribution in [0.2, 0.25) is 5.02 Å². The number of nitrogens with one attached hydrogen (secondary N) is 1. The van der Waals surface area contributed by atoms with Gasteiger partial charge in [0.2, 0.25) is 5.78 Å². The number of carbonyl (C=O) groups is 3. The molecule has 1 aromatic rings. The van der Waals surface area contributed by atoms with E-state index in [0.29, 0.717) is 6.42 Å². The summed E-state index contributed by atoms with van der Waals surface area (Å²) in [6.45, 7) is 3.65. The van der Waals surface area contributed by atoms with Gasteiger partial charge in [-0.2, -0.15) is 0 Å². The molecule has 27 heavy (non-hydrogen) atoms. The molecule has 9 heteroatoms. The maximum Gasteiger partial charge on any atom is 0.409 e. The highest BCUT2D eigenvalue weighted by atomic mass is 35.5. The molecule has 2 amide bonds. The van der Waals surface area contributed by atoms with Crippen LogP contribution in [0.15, 0.2) is 30.9 Å². The van der Waals surface area contributed by atoms with Crippen LogP contribution in [0.3, 0.4) is 0 Å². The van der Waals surface area contributed by atoms with Crippen LogP contribution in [0.25, 0.3) is 0 Å². The van der Waals surface area contributed by atoms with Gasteiger partial charge in [-0.3, -0.25) is 9.59 Å². The number of hydrogen-bond donors (Lipinski definition) is 2.